The molecule has 0 saturated heterocycles. The third kappa shape index (κ3) is 4.83. The molecule has 6 heteroatoms. The van der Waals surface area contributed by atoms with Crippen molar-refractivity contribution in [2.24, 2.45) is 0 Å². The van der Waals surface area contributed by atoms with Crippen LogP contribution in [-0.2, 0) is 9.59 Å². The molecule has 0 aliphatic heterocycles. The Balaban J connectivity index is 2.65. The normalized spacial score (nSPS) is 10.5. The molecule has 0 bridgehead atoms. The van der Waals surface area contributed by atoms with E-state index in [0.29, 0.717) is 10.7 Å². The van der Waals surface area contributed by atoms with Crippen molar-refractivity contribution in [3.8, 4) is 0 Å². The first-order chi connectivity index (χ1) is 9.33. The van der Waals surface area contributed by atoms with Gasteiger partial charge in [0.05, 0.1) is 23.8 Å². The van der Waals surface area contributed by atoms with Crippen LogP contribution in [0.1, 0.15) is 11.1 Å². The summed E-state index contributed by atoms with van der Waals surface area (Å²) in [7, 11) is 3.27. The maximum atomic E-state index is 11.9. The summed E-state index contributed by atoms with van der Waals surface area (Å²) in [5.74, 6) is -0.338. The number of carbonyl (C=O) groups excluding carboxylic acids is 2. The van der Waals surface area contributed by atoms with Gasteiger partial charge in [0, 0.05) is 7.05 Å². The fourth-order valence-corrected chi connectivity index (χ4v) is 2.25. The zero-order valence-corrected chi connectivity index (χ0v) is 13.0. The Morgan fingerprint density at radius 3 is 2.35 bits per heavy atom. The summed E-state index contributed by atoms with van der Waals surface area (Å²) >= 11 is 6.13. The monoisotopic (exact) mass is 297 g/mol. The molecule has 0 aromatic heterocycles. The van der Waals surface area contributed by atoms with Crippen LogP contribution in [0.5, 0.6) is 0 Å². The number of hydrogen-bond acceptors (Lipinski definition) is 3. The van der Waals surface area contributed by atoms with E-state index in [4.69, 9.17) is 11.6 Å². The lowest BCUT2D eigenvalue weighted by atomic mass is 10.1. The van der Waals surface area contributed by atoms with Crippen molar-refractivity contribution in [1.29, 1.82) is 0 Å². The second-order valence-corrected chi connectivity index (χ2v) is 5.24. The molecule has 5 nitrogen and oxygen atoms in total. The van der Waals surface area contributed by atoms with Crippen LogP contribution in [0.3, 0.4) is 0 Å². The lowest BCUT2D eigenvalue weighted by Crippen LogP contribution is -2.37. The van der Waals surface area contributed by atoms with Crippen LogP contribution in [-0.4, -0.2) is 43.9 Å². The standard InChI is InChI=1S/C14H20ClN3O2/c1-9-5-10(2)14(11(15)6-9)17-13(20)8-18(4)7-12(19)16-3/h5-6H,7-8H2,1-4H3,(H,16,19)(H,17,20). The molecule has 0 heterocycles. The van der Waals surface area contributed by atoms with Crippen LogP contribution < -0.4 is 10.6 Å². The van der Waals surface area contributed by atoms with Crippen molar-refractivity contribution in [2.75, 3.05) is 32.5 Å². The summed E-state index contributed by atoms with van der Waals surface area (Å²) in [5.41, 5.74) is 2.58. The maximum Gasteiger partial charge on any atom is 0.238 e. The van der Waals surface area contributed by atoms with Crippen LogP contribution in [0, 0.1) is 13.8 Å². The second-order valence-electron chi connectivity index (χ2n) is 4.83. The van der Waals surface area contributed by atoms with Gasteiger partial charge in [-0.1, -0.05) is 17.7 Å². The zero-order valence-electron chi connectivity index (χ0n) is 12.2. The van der Waals surface area contributed by atoms with Gasteiger partial charge in [0.2, 0.25) is 11.8 Å². The van der Waals surface area contributed by atoms with Gasteiger partial charge >= 0.3 is 0 Å². The number of halogens is 1. The Hall–Kier alpha value is -1.59. The van der Waals surface area contributed by atoms with Crippen molar-refractivity contribution >= 4 is 29.1 Å². The van der Waals surface area contributed by atoms with Gasteiger partial charge in [-0.2, -0.15) is 0 Å². The number of carbonyl (C=O) groups is 2. The first-order valence-electron chi connectivity index (χ1n) is 6.29. The van der Waals surface area contributed by atoms with Gasteiger partial charge < -0.3 is 10.6 Å². The van der Waals surface area contributed by atoms with Crippen molar-refractivity contribution in [3.05, 3.63) is 28.3 Å². The number of nitrogens with one attached hydrogen (secondary N) is 2. The lowest BCUT2D eigenvalue weighted by molar-refractivity contribution is -0.122. The highest BCUT2D eigenvalue weighted by Gasteiger charge is 2.13. The first kappa shape index (κ1) is 16.5. The smallest absolute Gasteiger partial charge is 0.238 e. The number of hydrogen-bond donors (Lipinski definition) is 2. The second kappa shape index (κ2) is 7.26. The SMILES string of the molecule is CNC(=O)CN(C)CC(=O)Nc1c(C)cc(C)cc1Cl. The van der Waals surface area contributed by atoms with E-state index in [1.807, 2.05) is 19.9 Å². The largest absolute Gasteiger partial charge is 0.358 e. The average Bonchev–Trinajstić information content (AvgIpc) is 2.33. The number of aryl methyl sites for hydroxylation is 2. The van der Waals surface area contributed by atoms with Crippen LogP contribution in [0.25, 0.3) is 0 Å². The summed E-state index contributed by atoms with van der Waals surface area (Å²) in [5, 5.41) is 5.81. The number of likely N-dealkylation sites (N-methyl/N-ethyl adjacent to an activating group) is 2. The molecular weight excluding hydrogens is 278 g/mol. The number of rotatable bonds is 5. The predicted molar refractivity (Wildman–Crippen MR) is 81.1 cm³/mol. The van der Waals surface area contributed by atoms with Gasteiger partial charge in [-0.25, -0.2) is 0 Å². The molecule has 1 rings (SSSR count). The van der Waals surface area contributed by atoms with Gasteiger partial charge in [-0.15, -0.1) is 0 Å². The molecule has 1 aromatic rings. The van der Waals surface area contributed by atoms with E-state index in [9.17, 15) is 9.59 Å². The molecule has 110 valence electrons. The molecule has 0 aliphatic rings. The topological polar surface area (TPSA) is 61.4 Å². The van der Waals surface area contributed by atoms with Crippen molar-refractivity contribution in [2.45, 2.75) is 13.8 Å². The number of amides is 2. The number of benzene rings is 1. The zero-order chi connectivity index (χ0) is 15.3. The third-order valence-corrected chi connectivity index (χ3v) is 3.10. The van der Waals surface area contributed by atoms with E-state index in [1.165, 1.54) is 0 Å². The lowest BCUT2D eigenvalue weighted by Gasteiger charge is -2.16. The highest BCUT2D eigenvalue weighted by atomic mass is 35.5. The quantitative estimate of drug-likeness (QED) is 0.867. The Kier molecular flexibility index (Phi) is 5.98. The fraction of sp³-hybridized carbons (Fsp3) is 0.429. The predicted octanol–water partition coefficient (Wildman–Crippen LogP) is 1.57. The molecule has 0 unspecified atom stereocenters. The van der Waals surface area contributed by atoms with E-state index in [0.717, 1.165) is 11.1 Å². The van der Waals surface area contributed by atoms with Gasteiger partial charge in [0.15, 0.2) is 0 Å². The fourth-order valence-electron chi connectivity index (χ4n) is 1.88. The Morgan fingerprint density at radius 1 is 1.20 bits per heavy atom. The first-order valence-corrected chi connectivity index (χ1v) is 6.67. The minimum atomic E-state index is -0.203. The summed E-state index contributed by atoms with van der Waals surface area (Å²) in [6.45, 7) is 4.13. The number of nitrogens with zero attached hydrogens (tertiary/aromatic N) is 1. The molecule has 2 N–H and O–H groups in total. The third-order valence-electron chi connectivity index (χ3n) is 2.80. The van der Waals surface area contributed by atoms with Crippen molar-refractivity contribution < 1.29 is 9.59 Å². The van der Waals surface area contributed by atoms with E-state index in [-0.39, 0.29) is 24.9 Å². The van der Waals surface area contributed by atoms with Crippen LogP contribution in [0.4, 0.5) is 5.69 Å². The molecule has 0 atom stereocenters. The Morgan fingerprint density at radius 2 is 1.80 bits per heavy atom. The molecule has 0 spiro atoms. The summed E-state index contributed by atoms with van der Waals surface area (Å²) in [6, 6.07) is 3.76. The van der Waals surface area contributed by atoms with Crippen molar-refractivity contribution in [1.82, 2.24) is 10.2 Å². The Bertz CT molecular complexity index is 494. The molecular formula is C14H20ClN3O2. The number of anilines is 1. The minimum Gasteiger partial charge on any atom is -0.358 e. The summed E-state index contributed by atoms with van der Waals surface area (Å²) in [4.78, 5) is 24.8. The summed E-state index contributed by atoms with van der Waals surface area (Å²) in [6.07, 6.45) is 0. The summed E-state index contributed by atoms with van der Waals surface area (Å²) < 4.78 is 0. The molecule has 0 saturated carbocycles. The van der Waals surface area contributed by atoms with Gasteiger partial charge in [-0.05, 0) is 38.1 Å². The van der Waals surface area contributed by atoms with Gasteiger partial charge in [0.1, 0.15) is 0 Å². The Labute approximate surface area is 124 Å². The highest BCUT2D eigenvalue weighted by molar-refractivity contribution is 6.34. The molecule has 0 radical (unpaired) electrons. The van der Waals surface area contributed by atoms with E-state index in [2.05, 4.69) is 10.6 Å². The molecule has 20 heavy (non-hydrogen) atoms. The molecule has 0 aliphatic carbocycles. The van der Waals surface area contributed by atoms with Crippen LogP contribution in [0.15, 0.2) is 12.1 Å². The van der Waals surface area contributed by atoms with Gasteiger partial charge in [-0.3, -0.25) is 14.5 Å². The van der Waals surface area contributed by atoms with Crippen LogP contribution >= 0.6 is 11.6 Å². The minimum absolute atomic E-state index is 0.122. The van der Waals surface area contributed by atoms with E-state index in [1.54, 1.807) is 25.1 Å². The molecule has 2 amide bonds. The van der Waals surface area contributed by atoms with Crippen molar-refractivity contribution in [3.63, 3.8) is 0 Å². The average molecular weight is 298 g/mol. The van der Waals surface area contributed by atoms with Gasteiger partial charge in [0.25, 0.3) is 0 Å². The highest BCUT2D eigenvalue weighted by Crippen LogP contribution is 2.27. The van der Waals surface area contributed by atoms with E-state index >= 15 is 0 Å². The maximum absolute atomic E-state index is 11.9. The molecule has 1 aromatic carbocycles. The van der Waals surface area contributed by atoms with E-state index < -0.39 is 0 Å². The van der Waals surface area contributed by atoms with Crippen LogP contribution in [0.2, 0.25) is 5.02 Å². The molecule has 0 fully saturated rings.